The SMILES string of the molecule is O=C(NC(CN1CCCC1)C(O)c1ccc(OC2CC2)cc1)C1=NOCc2cc(-c3ccc(F)cc3)ccc21. The molecule has 1 amide bonds. The van der Waals surface area contributed by atoms with Gasteiger partial charge in [0.25, 0.3) is 5.91 Å². The Morgan fingerprint density at radius 1 is 1.05 bits per heavy atom. The largest absolute Gasteiger partial charge is 0.490 e. The summed E-state index contributed by atoms with van der Waals surface area (Å²) >= 11 is 0. The van der Waals surface area contributed by atoms with Gasteiger partial charge in [-0.1, -0.05) is 41.6 Å². The maximum atomic E-state index is 13.5. The molecule has 0 radical (unpaired) electrons. The molecule has 3 aromatic carbocycles. The van der Waals surface area contributed by atoms with Gasteiger partial charge in [0.1, 0.15) is 24.3 Å². The summed E-state index contributed by atoms with van der Waals surface area (Å²) in [7, 11) is 0. The second-order valence-corrected chi connectivity index (χ2v) is 10.5. The van der Waals surface area contributed by atoms with Crippen LogP contribution in [-0.2, 0) is 16.2 Å². The van der Waals surface area contributed by atoms with Crippen LogP contribution in [0.2, 0.25) is 0 Å². The number of nitrogens with one attached hydrogen (secondary N) is 1. The zero-order valence-corrected chi connectivity index (χ0v) is 21.7. The molecule has 2 fully saturated rings. The zero-order valence-electron chi connectivity index (χ0n) is 21.7. The summed E-state index contributed by atoms with van der Waals surface area (Å²) in [5.41, 5.74) is 4.16. The number of amides is 1. The van der Waals surface area contributed by atoms with E-state index in [1.807, 2.05) is 42.5 Å². The molecule has 3 aliphatic rings. The number of hydrogen-bond acceptors (Lipinski definition) is 6. The Morgan fingerprint density at radius 3 is 2.49 bits per heavy atom. The van der Waals surface area contributed by atoms with Gasteiger partial charge in [0.05, 0.1) is 12.1 Å². The molecule has 8 heteroatoms. The molecule has 0 bridgehead atoms. The second kappa shape index (κ2) is 11.2. The maximum Gasteiger partial charge on any atom is 0.274 e. The monoisotopic (exact) mass is 529 g/mol. The number of carbonyl (C=O) groups is 1. The molecule has 6 rings (SSSR count). The van der Waals surface area contributed by atoms with Crippen molar-refractivity contribution in [2.45, 2.75) is 50.5 Å². The lowest BCUT2D eigenvalue weighted by Gasteiger charge is -2.29. The number of ether oxygens (including phenoxy) is 1. The highest BCUT2D eigenvalue weighted by molar-refractivity contribution is 6.45. The number of likely N-dealkylation sites (tertiary alicyclic amines) is 1. The van der Waals surface area contributed by atoms with Crippen LogP contribution in [0.4, 0.5) is 4.39 Å². The number of oxime groups is 1. The van der Waals surface area contributed by atoms with Crippen LogP contribution in [0.5, 0.6) is 5.75 Å². The number of halogens is 1. The van der Waals surface area contributed by atoms with E-state index >= 15 is 0 Å². The van der Waals surface area contributed by atoms with Crippen LogP contribution in [0.3, 0.4) is 0 Å². The van der Waals surface area contributed by atoms with Crippen molar-refractivity contribution < 1.29 is 23.9 Å². The maximum absolute atomic E-state index is 13.5. The molecule has 2 N–H and O–H groups in total. The van der Waals surface area contributed by atoms with Gasteiger partial charge in [0, 0.05) is 17.7 Å². The van der Waals surface area contributed by atoms with Crippen LogP contribution in [0.15, 0.2) is 71.9 Å². The van der Waals surface area contributed by atoms with Crippen LogP contribution >= 0.6 is 0 Å². The number of rotatable bonds is 9. The summed E-state index contributed by atoms with van der Waals surface area (Å²) in [6.07, 6.45) is 3.77. The Kier molecular flexibility index (Phi) is 7.30. The molecule has 2 heterocycles. The van der Waals surface area contributed by atoms with Crippen molar-refractivity contribution in [1.29, 1.82) is 0 Å². The van der Waals surface area contributed by atoms with Crippen molar-refractivity contribution in [2.75, 3.05) is 19.6 Å². The van der Waals surface area contributed by atoms with Crippen LogP contribution in [0, 0.1) is 5.82 Å². The Hall–Kier alpha value is -3.75. The lowest BCUT2D eigenvalue weighted by atomic mass is 9.95. The topological polar surface area (TPSA) is 83.4 Å². The molecule has 0 aromatic heterocycles. The van der Waals surface area contributed by atoms with E-state index in [-0.39, 0.29) is 18.1 Å². The third-order valence-corrected chi connectivity index (χ3v) is 7.53. The van der Waals surface area contributed by atoms with Crippen LogP contribution in [0.1, 0.15) is 48.5 Å². The molecule has 2 unspecified atom stereocenters. The van der Waals surface area contributed by atoms with E-state index in [4.69, 9.17) is 9.57 Å². The third-order valence-electron chi connectivity index (χ3n) is 7.53. The van der Waals surface area contributed by atoms with E-state index in [0.29, 0.717) is 23.8 Å². The zero-order chi connectivity index (χ0) is 26.8. The number of aliphatic hydroxyl groups is 1. The third kappa shape index (κ3) is 5.97. The summed E-state index contributed by atoms with van der Waals surface area (Å²) < 4.78 is 19.2. The molecule has 7 nitrogen and oxygen atoms in total. The molecule has 2 aliphatic heterocycles. The van der Waals surface area contributed by atoms with E-state index in [0.717, 1.165) is 61.2 Å². The number of nitrogens with zero attached hydrogens (tertiary/aromatic N) is 2. The normalized spacial score (nSPS) is 18.5. The predicted molar refractivity (Wildman–Crippen MR) is 146 cm³/mol. The fourth-order valence-corrected chi connectivity index (χ4v) is 5.20. The molecule has 0 spiro atoms. The van der Waals surface area contributed by atoms with Crippen molar-refractivity contribution in [2.24, 2.45) is 5.16 Å². The number of benzene rings is 3. The first kappa shape index (κ1) is 25.5. The molecule has 1 saturated carbocycles. The Morgan fingerprint density at radius 2 is 1.77 bits per heavy atom. The minimum Gasteiger partial charge on any atom is -0.490 e. The van der Waals surface area contributed by atoms with Crippen LogP contribution in [0.25, 0.3) is 11.1 Å². The number of fused-ring (bicyclic) bond motifs is 1. The summed E-state index contributed by atoms with van der Waals surface area (Å²) in [6.45, 7) is 2.63. The highest BCUT2D eigenvalue weighted by Crippen LogP contribution is 2.29. The minimum absolute atomic E-state index is 0.175. The van der Waals surface area contributed by atoms with Crippen molar-refractivity contribution in [3.8, 4) is 16.9 Å². The van der Waals surface area contributed by atoms with E-state index in [9.17, 15) is 14.3 Å². The van der Waals surface area contributed by atoms with Gasteiger partial charge >= 0.3 is 0 Å². The van der Waals surface area contributed by atoms with E-state index in [1.165, 1.54) is 12.1 Å². The predicted octanol–water partition coefficient (Wildman–Crippen LogP) is 4.58. The van der Waals surface area contributed by atoms with Crippen LogP contribution < -0.4 is 10.1 Å². The molecule has 1 saturated heterocycles. The standard InChI is InChI=1S/C31H32FN3O4/c32-24-8-3-20(4-9-24)22-7-14-27-23(17-22)19-38-34-29(27)31(37)33-28(18-35-15-1-2-16-35)30(36)21-5-10-25(11-6-21)39-26-12-13-26/h3-11,14,17,26,28,30,36H,1-2,12-13,15-16,18-19H2,(H,33,37). The highest BCUT2D eigenvalue weighted by Gasteiger charge is 2.31. The van der Waals surface area contributed by atoms with Gasteiger partial charge in [0.2, 0.25) is 0 Å². The summed E-state index contributed by atoms with van der Waals surface area (Å²) in [5.74, 6) is 0.0978. The quantitative estimate of drug-likeness (QED) is 0.424. The van der Waals surface area contributed by atoms with Gasteiger partial charge in [-0.3, -0.25) is 4.79 Å². The average molecular weight is 530 g/mol. The first-order valence-electron chi connectivity index (χ1n) is 13.6. The van der Waals surface area contributed by atoms with Crippen LogP contribution in [-0.4, -0.2) is 53.4 Å². The van der Waals surface area contributed by atoms with E-state index in [1.54, 1.807) is 12.1 Å². The summed E-state index contributed by atoms with van der Waals surface area (Å²) in [6, 6.07) is 18.9. The van der Waals surface area contributed by atoms with Gasteiger partial charge in [0.15, 0.2) is 5.71 Å². The van der Waals surface area contributed by atoms with E-state index < -0.39 is 18.1 Å². The molecule has 2 atom stereocenters. The fourth-order valence-electron chi connectivity index (χ4n) is 5.20. The lowest BCUT2D eigenvalue weighted by Crippen LogP contribution is -2.49. The molecule has 39 heavy (non-hydrogen) atoms. The summed E-state index contributed by atoms with van der Waals surface area (Å²) in [5, 5.41) is 18.5. The Balaban J connectivity index is 1.20. The molecular formula is C31H32FN3O4. The molecule has 1 aliphatic carbocycles. The van der Waals surface area contributed by atoms with Gasteiger partial charge in [-0.05, 0) is 85.8 Å². The molecule has 202 valence electrons. The fraction of sp³-hybridized carbons (Fsp3) is 0.355. The average Bonchev–Trinajstić information content (AvgIpc) is 3.63. The van der Waals surface area contributed by atoms with E-state index in [2.05, 4.69) is 15.4 Å². The first-order valence-corrected chi connectivity index (χ1v) is 13.6. The van der Waals surface area contributed by atoms with Gasteiger partial charge in [-0.15, -0.1) is 0 Å². The van der Waals surface area contributed by atoms with Crippen molar-refractivity contribution in [3.05, 3.63) is 89.2 Å². The lowest BCUT2D eigenvalue weighted by molar-refractivity contribution is -0.116. The van der Waals surface area contributed by atoms with Gasteiger partial charge < -0.3 is 24.9 Å². The van der Waals surface area contributed by atoms with Crippen molar-refractivity contribution in [3.63, 3.8) is 0 Å². The number of carbonyl (C=O) groups excluding carboxylic acids is 1. The summed E-state index contributed by atoms with van der Waals surface area (Å²) in [4.78, 5) is 21.2. The van der Waals surface area contributed by atoms with Gasteiger partial charge in [-0.25, -0.2) is 4.39 Å². The van der Waals surface area contributed by atoms with Gasteiger partial charge in [-0.2, -0.15) is 0 Å². The number of hydrogen-bond donors (Lipinski definition) is 2. The Bertz CT molecular complexity index is 1350. The molecular weight excluding hydrogens is 497 g/mol. The highest BCUT2D eigenvalue weighted by atomic mass is 19.1. The number of aliphatic hydroxyl groups excluding tert-OH is 1. The molecule has 3 aromatic rings. The van der Waals surface area contributed by atoms with Crippen molar-refractivity contribution in [1.82, 2.24) is 10.2 Å². The smallest absolute Gasteiger partial charge is 0.274 e. The van der Waals surface area contributed by atoms with Crippen molar-refractivity contribution >= 4 is 11.6 Å². The second-order valence-electron chi connectivity index (χ2n) is 10.5. The first-order chi connectivity index (χ1) is 19.0. The minimum atomic E-state index is -0.907. The Labute approximate surface area is 227 Å².